The van der Waals surface area contributed by atoms with Crippen molar-refractivity contribution in [1.82, 2.24) is 0 Å². The van der Waals surface area contributed by atoms with Gasteiger partial charge < -0.3 is 5.73 Å². The lowest BCUT2D eigenvalue weighted by Gasteiger charge is -2.11. The second-order valence-corrected chi connectivity index (χ2v) is 5.78. The Labute approximate surface area is 112 Å². The molecule has 0 bridgehead atoms. The Balaban J connectivity index is 1.65. The van der Waals surface area contributed by atoms with Crippen molar-refractivity contribution in [2.24, 2.45) is 11.7 Å². The summed E-state index contributed by atoms with van der Waals surface area (Å²) in [6.07, 6.45) is 9.30. The van der Waals surface area contributed by atoms with Crippen molar-refractivity contribution < 1.29 is 0 Å². The number of benzene rings is 1. The Morgan fingerprint density at radius 2 is 1.83 bits per heavy atom. The van der Waals surface area contributed by atoms with E-state index in [1.165, 1.54) is 50.5 Å². The average Bonchev–Trinajstić information content (AvgIpc) is 3.20. The molecule has 1 aliphatic carbocycles. The molecule has 0 saturated heterocycles. The lowest BCUT2D eigenvalue weighted by molar-refractivity contribution is 0.495. The van der Waals surface area contributed by atoms with Crippen molar-refractivity contribution in [3.05, 3.63) is 35.9 Å². The molecule has 100 valence electrons. The summed E-state index contributed by atoms with van der Waals surface area (Å²) in [5.74, 6) is 1.50. The average molecular weight is 245 g/mol. The molecular weight excluding hydrogens is 218 g/mol. The van der Waals surface area contributed by atoms with Crippen molar-refractivity contribution in [3.63, 3.8) is 0 Å². The van der Waals surface area contributed by atoms with E-state index in [0.717, 1.165) is 11.8 Å². The van der Waals surface area contributed by atoms with E-state index in [1.54, 1.807) is 0 Å². The van der Waals surface area contributed by atoms with Crippen LogP contribution in [0, 0.1) is 5.92 Å². The number of nitrogens with two attached hydrogens (primary N) is 1. The molecule has 1 fully saturated rings. The standard InChI is InChI=1S/C17H27N/c1-2-3-4-5-9-12-17(18)16-13-15(16)14-10-7-6-8-11-14/h6-8,10-11,15-17H,2-5,9,12-13,18H2,1H3. The zero-order valence-electron chi connectivity index (χ0n) is 11.6. The van der Waals surface area contributed by atoms with Crippen LogP contribution in [0.15, 0.2) is 30.3 Å². The molecule has 0 aliphatic heterocycles. The van der Waals surface area contributed by atoms with E-state index in [1.807, 2.05) is 0 Å². The zero-order chi connectivity index (χ0) is 12.8. The first-order valence-corrected chi connectivity index (χ1v) is 7.63. The molecule has 18 heavy (non-hydrogen) atoms. The Bertz CT molecular complexity index is 333. The van der Waals surface area contributed by atoms with E-state index in [0.29, 0.717) is 6.04 Å². The first kappa shape index (κ1) is 13.6. The minimum atomic E-state index is 0.428. The molecule has 1 saturated carbocycles. The summed E-state index contributed by atoms with van der Waals surface area (Å²) in [5, 5.41) is 0. The maximum Gasteiger partial charge on any atom is 0.00732 e. The largest absolute Gasteiger partial charge is 0.327 e. The van der Waals surface area contributed by atoms with Gasteiger partial charge in [0.1, 0.15) is 0 Å². The van der Waals surface area contributed by atoms with E-state index in [9.17, 15) is 0 Å². The van der Waals surface area contributed by atoms with E-state index < -0.39 is 0 Å². The Kier molecular flexibility index (Phi) is 5.25. The van der Waals surface area contributed by atoms with Crippen LogP contribution in [0.25, 0.3) is 0 Å². The van der Waals surface area contributed by atoms with Crippen LogP contribution in [0.3, 0.4) is 0 Å². The van der Waals surface area contributed by atoms with E-state index in [-0.39, 0.29) is 0 Å². The first-order valence-electron chi connectivity index (χ1n) is 7.63. The van der Waals surface area contributed by atoms with Gasteiger partial charge in [0.25, 0.3) is 0 Å². The highest BCUT2D eigenvalue weighted by Crippen LogP contribution is 2.49. The fourth-order valence-corrected chi connectivity index (χ4v) is 2.97. The molecule has 0 radical (unpaired) electrons. The van der Waals surface area contributed by atoms with Gasteiger partial charge in [-0.25, -0.2) is 0 Å². The number of unbranched alkanes of at least 4 members (excludes halogenated alkanes) is 4. The van der Waals surface area contributed by atoms with Gasteiger partial charge >= 0.3 is 0 Å². The van der Waals surface area contributed by atoms with E-state index in [2.05, 4.69) is 37.3 Å². The SMILES string of the molecule is CCCCCCCC(N)C1CC1c1ccccc1. The van der Waals surface area contributed by atoms with Gasteiger partial charge in [0, 0.05) is 6.04 Å². The molecular formula is C17H27N. The number of hydrogen-bond donors (Lipinski definition) is 1. The Morgan fingerprint density at radius 1 is 1.11 bits per heavy atom. The molecule has 1 aromatic rings. The quantitative estimate of drug-likeness (QED) is 0.671. The Morgan fingerprint density at radius 3 is 2.56 bits per heavy atom. The van der Waals surface area contributed by atoms with Crippen LogP contribution in [-0.2, 0) is 0 Å². The lowest BCUT2D eigenvalue weighted by atomic mass is 10.0. The molecule has 0 aromatic heterocycles. The summed E-state index contributed by atoms with van der Waals surface area (Å²) in [5.41, 5.74) is 7.81. The minimum absolute atomic E-state index is 0.428. The smallest absolute Gasteiger partial charge is 0.00732 e. The van der Waals surface area contributed by atoms with Crippen LogP contribution in [0.1, 0.15) is 63.4 Å². The second kappa shape index (κ2) is 6.94. The molecule has 0 amide bonds. The van der Waals surface area contributed by atoms with Crippen molar-refractivity contribution in [2.75, 3.05) is 0 Å². The summed E-state index contributed by atoms with van der Waals surface area (Å²) >= 11 is 0. The van der Waals surface area contributed by atoms with Gasteiger partial charge in [0.15, 0.2) is 0 Å². The van der Waals surface area contributed by atoms with Gasteiger partial charge in [0.05, 0.1) is 0 Å². The third-order valence-electron chi connectivity index (χ3n) is 4.26. The summed E-state index contributed by atoms with van der Waals surface area (Å²) in [4.78, 5) is 0. The molecule has 1 aromatic carbocycles. The van der Waals surface area contributed by atoms with Crippen LogP contribution >= 0.6 is 0 Å². The highest BCUT2D eigenvalue weighted by Gasteiger charge is 2.41. The third kappa shape index (κ3) is 3.84. The highest BCUT2D eigenvalue weighted by molar-refractivity contribution is 5.26. The van der Waals surface area contributed by atoms with Crippen LogP contribution in [0.5, 0.6) is 0 Å². The maximum atomic E-state index is 6.32. The minimum Gasteiger partial charge on any atom is -0.327 e. The van der Waals surface area contributed by atoms with Crippen molar-refractivity contribution in [1.29, 1.82) is 0 Å². The fourth-order valence-electron chi connectivity index (χ4n) is 2.97. The molecule has 0 heterocycles. The normalized spacial score (nSPS) is 23.9. The lowest BCUT2D eigenvalue weighted by Crippen LogP contribution is -2.23. The molecule has 0 spiro atoms. The topological polar surface area (TPSA) is 26.0 Å². The van der Waals surface area contributed by atoms with Crippen LogP contribution in [-0.4, -0.2) is 6.04 Å². The van der Waals surface area contributed by atoms with E-state index in [4.69, 9.17) is 5.73 Å². The van der Waals surface area contributed by atoms with E-state index >= 15 is 0 Å². The van der Waals surface area contributed by atoms with Gasteiger partial charge in [-0.3, -0.25) is 0 Å². The van der Waals surface area contributed by atoms with Crippen LogP contribution < -0.4 is 5.73 Å². The molecule has 2 N–H and O–H groups in total. The van der Waals surface area contributed by atoms with Crippen LogP contribution in [0.4, 0.5) is 0 Å². The monoisotopic (exact) mass is 245 g/mol. The molecule has 1 aliphatic rings. The summed E-state index contributed by atoms with van der Waals surface area (Å²) in [6.45, 7) is 2.26. The molecule has 1 nitrogen and oxygen atoms in total. The highest BCUT2D eigenvalue weighted by atomic mass is 14.7. The number of hydrogen-bond acceptors (Lipinski definition) is 1. The van der Waals surface area contributed by atoms with Gasteiger partial charge in [0.2, 0.25) is 0 Å². The first-order chi connectivity index (χ1) is 8.83. The van der Waals surface area contributed by atoms with Gasteiger partial charge in [-0.05, 0) is 30.2 Å². The molecule has 1 heteroatoms. The molecule has 3 atom stereocenters. The predicted molar refractivity (Wildman–Crippen MR) is 78.6 cm³/mol. The zero-order valence-corrected chi connectivity index (χ0v) is 11.6. The van der Waals surface area contributed by atoms with Crippen LogP contribution in [0.2, 0.25) is 0 Å². The summed E-state index contributed by atoms with van der Waals surface area (Å²) in [6, 6.07) is 11.3. The summed E-state index contributed by atoms with van der Waals surface area (Å²) in [7, 11) is 0. The molecule has 3 unspecified atom stereocenters. The van der Waals surface area contributed by atoms with Crippen molar-refractivity contribution in [3.8, 4) is 0 Å². The number of rotatable bonds is 8. The van der Waals surface area contributed by atoms with Gasteiger partial charge in [-0.2, -0.15) is 0 Å². The summed E-state index contributed by atoms with van der Waals surface area (Å²) < 4.78 is 0. The second-order valence-electron chi connectivity index (χ2n) is 5.78. The van der Waals surface area contributed by atoms with Crippen molar-refractivity contribution in [2.45, 2.75) is 63.8 Å². The maximum absolute atomic E-state index is 6.32. The van der Waals surface area contributed by atoms with Gasteiger partial charge in [-0.15, -0.1) is 0 Å². The predicted octanol–water partition coefficient (Wildman–Crippen LogP) is 4.48. The molecule has 2 rings (SSSR count). The van der Waals surface area contributed by atoms with Gasteiger partial charge in [-0.1, -0.05) is 69.4 Å². The third-order valence-corrected chi connectivity index (χ3v) is 4.26. The van der Waals surface area contributed by atoms with Crippen molar-refractivity contribution >= 4 is 0 Å². The fraction of sp³-hybridized carbons (Fsp3) is 0.647. The Hall–Kier alpha value is -0.820.